The smallest absolute Gasteiger partial charge is 0.258 e. The van der Waals surface area contributed by atoms with Crippen LogP contribution in [0.15, 0.2) is 54.6 Å². The van der Waals surface area contributed by atoms with E-state index in [1.165, 1.54) is 0 Å². The first kappa shape index (κ1) is 16.5. The van der Waals surface area contributed by atoms with Crippen LogP contribution in [0.2, 0.25) is 0 Å². The van der Waals surface area contributed by atoms with Gasteiger partial charge in [0.1, 0.15) is 5.75 Å². The lowest BCUT2D eigenvalue weighted by Gasteiger charge is -2.08. The summed E-state index contributed by atoms with van der Waals surface area (Å²) in [6.07, 6.45) is 0. The highest BCUT2D eigenvalue weighted by atomic mass is 16.5. The molecule has 120 valence electrons. The van der Waals surface area contributed by atoms with Gasteiger partial charge in [0.05, 0.1) is 6.54 Å². The number of carbonyl (C=O) groups excluding carboxylic acids is 2. The van der Waals surface area contributed by atoms with Gasteiger partial charge in [-0.1, -0.05) is 48.0 Å². The Morgan fingerprint density at radius 1 is 0.913 bits per heavy atom. The average molecular weight is 312 g/mol. The monoisotopic (exact) mass is 312 g/mol. The number of ether oxygens (including phenoxy) is 1. The largest absolute Gasteiger partial charge is 0.484 e. The summed E-state index contributed by atoms with van der Waals surface area (Å²) in [4.78, 5) is 23.3. The van der Waals surface area contributed by atoms with Crippen LogP contribution in [0.3, 0.4) is 0 Å². The summed E-state index contributed by atoms with van der Waals surface area (Å²) >= 11 is 0. The summed E-state index contributed by atoms with van der Waals surface area (Å²) < 4.78 is 5.34. The fraction of sp³-hybridized carbons (Fsp3) is 0.222. The van der Waals surface area contributed by atoms with Gasteiger partial charge >= 0.3 is 0 Å². The van der Waals surface area contributed by atoms with Crippen LogP contribution in [0.1, 0.15) is 11.1 Å². The molecule has 2 aromatic rings. The lowest BCUT2D eigenvalue weighted by molar-refractivity contribution is -0.127. The Hall–Kier alpha value is -2.82. The third-order valence-electron chi connectivity index (χ3n) is 3.17. The molecule has 0 spiro atoms. The third kappa shape index (κ3) is 6.22. The van der Waals surface area contributed by atoms with E-state index in [1.807, 2.05) is 49.4 Å². The van der Waals surface area contributed by atoms with Crippen LogP contribution in [0.5, 0.6) is 5.75 Å². The molecule has 2 rings (SSSR count). The molecule has 5 heteroatoms. The van der Waals surface area contributed by atoms with Gasteiger partial charge in [-0.3, -0.25) is 9.59 Å². The Labute approximate surface area is 135 Å². The molecule has 0 aliphatic rings. The van der Waals surface area contributed by atoms with Gasteiger partial charge in [0.2, 0.25) is 5.91 Å². The number of rotatable bonds is 7. The van der Waals surface area contributed by atoms with E-state index in [9.17, 15) is 9.59 Å². The van der Waals surface area contributed by atoms with Crippen molar-refractivity contribution in [1.82, 2.24) is 10.6 Å². The molecule has 0 radical (unpaired) electrons. The minimum absolute atomic E-state index is 0.0665. The molecule has 0 saturated carbocycles. The summed E-state index contributed by atoms with van der Waals surface area (Å²) in [5, 5.41) is 5.26. The number of aryl methyl sites for hydroxylation is 1. The van der Waals surface area contributed by atoms with Crippen molar-refractivity contribution >= 4 is 11.8 Å². The maximum absolute atomic E-state index is 11.7. The molecule has 0 heterocycles. The first-order valence-electron chi connectivity index (χ1n) is 7.40. The molecule has 0 atom stereocenters. The van der Waals surface area contributed by atoms with Crippen molar-refractivity contribution in [2.24, 2.45) is 0 Å². The van der Waals surface area contributed by atoms with Crippen molar-refractivity contribution in [3.63, 3.8) is 0 Å². The summed E-state index contributed by atoms with van der Waals surface area (Å²) in [7, 11) is 0. The summed E-state index contributed by atoms with van der Waals surface area (Å²) in [6.45, 7) is 2.23. The lowest BCUT2D eigenvalue weighted by atomic mass is 10.2. The second-order valence-electron chi connectivity index (χ2n) is 5.14. The number of nitrogens with one attached hydrogen (secondary N) is 2. The molecule has 0 saturated heterocycles. The number of hydrogen-bond acceptors (Lipinski definition) is 3. The Morgan fingerprint density at radius 2 is 1.61 bits per heavy atom. The minimum atomic E-state index is -0.333. The number of carbonyl (C=O) groups is 2. The first-order chi connectivity index (χ1) is 11.1. The van der Waals surface area contributed by atoms with Crippen molar-refractivity contribution in [3.05, 3.63) is 65.7 Å². The molecular weight excluding hydrogens is 292 g/mol. The maximum Gasteiger partial charge on any atom is 0.258 e. The Morgan fingerprint density at radius 3 is 2.30 bits per heavy atom. The maximum atomic E-state index is 11.7. The van der Waals surface area contributed by atoms with E-state index < -0.39 is 0 Å². The molecule has 0 bridgehead atoms. The summed E-state index contributed by atoms with van der Waals surface area (Å²) in [6, 6.07) is 17.0. The Kier molecular flexibility index (Phi) is 6.17. The van der Waals surface area contributed by atoms with Gasteiger partial charge < -0.3 is 15.4 Å². The van der Waals surface area contributed by atoms with Crippen LogP contribution in [0.25, 0.3) is 0 Å². The summed E-state index contributed by atoms with van der Waals surface area (Å²) in [5.41, 5.74) is 2.13. The van der Waals surface area contributed by atoms with Crippen LogP contribution >= 0.6 is 0 Å². The van der Waals surface area contributed by atoms with Crippen LogP contribution in [0.4, 0.5) is 0 Å². The number of amides is 2. The van der Waals surface area contributed by atoms with Gasteiger partial charge in [0, 0.05) is 6.54 Å². The quantitative estimate of drug-likeness (QED) is 0.819. The van der Waals surface area contributed by atoms with E-state index in [0.29, 0.717) is 12.3 Å². The van der Waals surface area contributed by atoms with E-state index in [-0.39, 0.29) is 25.0 Å². The zero-order chi connectivity index (χ0) is 16.5. The lowest BCUT2D eigenvalue weighted by Crippen LogP contribution is -2.38. The Balaban J connectivity index is 1.63. The molecule has 0 aliphatic heterocycles. The molecule has 2 amide bonds. The standard InChI is InChI=1S/C18H20N2O3/c1-14-7-9-16(10-8-14)23-13-18(22)20-12-17(21)19-11-15-5-3-2-4-6-15/h2-10H,11-13H2,1H3,(H,19,21)(H,20,22). The number of hydrogen-bond donors (Lipinski definition) is 2. The van der Waals surface area contributed by atoms with Crippen LogP contribution in [0, 0.1) is 6.92 Å². The zero-order valence-electron chi connectivity index (χ0n) is 13.0. The highest BCUT2D eigenvalue weighted by Gasteiger charge is 2.06. The Bertz CT molecular complexity index is 639. The minimum Gasteiger partial charge on any atom is -0.484 e. The van der Waals surface area contributed by atoms with Crippen molar-refractivity contribution in [2.45, 2.75) is 13.5 Å². The molecular formula is C18H20N2O3. The second-order valence-corrected chi connectivity index (χ2v) is 5.14. The van der Waals surface area contributed by atoms with Gasteiger partial charge in [0.15, 0.2) is 6.61 Å². The number of benzene rings is 2. The predicted octanol–water partition coefficient (Wildman–Crippen LogP) is 1.81. The van der Waals surface area contributed by atoms with Crippen LogP contribution in [-0.2, 0) is 16.1 Å². The van der Waals surface area contributed by atoms with E-state index >= 15 is 0 Å². The van der Waals surface area contributed by atoms with Crippen LogP contribution < -0.4 is 15.4 Å². The fourth-order valence-corrected chi connectivity index (χ4v) is 1.87. The average Bonchev–Trinajstić information content (AvgIpc) is 2.58. The molecule has 2 N–H and O–H groups in total. The van der Waals surface area contributed by atoms with Gasteiger partial charge in [-0.15, -0.1) is 0 Å². The molecule has 23 heavy (non-hydrogen) atoms. The molecule has 0 aromatic heterocycles. The van der Waals surface area contributed by atoms with Crippen molar-refractivity contribution in [2.75, 3.05) is 13.2 Å². The normalized spacial score (nSPS) is 9.96. The highest BCUT2D eigenvalue weighted by Crippen LogP contribution is 2.10. The van der Waals surface area contributed by atoms with E-state index in [2.05, 4.69) is 10.6 Å². The molecule has 0 fully saturated rings. The second kappa shape index (κ2) is 8.58. The van der Waals surface area contributed by atoms with Gasteiger partial charge in [0.25, 0.3) is 5.91 Å². The molecule has 5 nitrogen and oxygen atoms in total. The third-order valence-corrected chi connectivity index (χ3v) is 3.17. The predicted molar refractivity (Wildman–Crippen MR) is 88.0 cm³/mol. The van der Waals surface area contributed by atoms with Crippen molar-refractivity contribution in [1.29, 1.82) is 0 Å². The van der Waals surface area contributed by atoms with Crippen molar-refractivity contribution in [3.8, 4) is 5.75 Å². The van der Waals surface area contributed by atoms with Gasteiger partial charge in [-0.05, 0) is 24.6 Å². The zero-order valence-corrected chi connectivity index (χ0v) is 13.0. The first-order valence-corrected chi connectivity index (χ1v) is 7.40. The highest BCUT2D eigenvalue weighted by molar-refractivity contribution is 5.85. The summed E-state index contributed by atoms with van der Waals surface area (Å²) in [5.74, 6) is 0.0530. The van der Waals surface area contributed by atoms with Crippen LogP contribution in [-0.4, -0.2) is 25.0 Å². The van der Waals surface area contributed by atoms with E-state index in [0.717, 1.165) is 11.1 Å². The topological polar surface area (TPSA) is 67.4 Å². The fourth-order valence-electron chi connectivity index (χ4n) is 1.87. The SMILES string of the molecule is Cc1ccc(OCC(=O)NCC(=O)NCc2ccccc2)cc1. The van der Waals surface area contributed by atoms with E-state index in [1.54, 1.807) is 12.1 Å². The molecule has 0 unspecified atom stereocenters. The molecule has 0 aliphatic carbocycles. The van der Waals surface area contributed by atoms with E-state index in [4.69, 9.17) is 4.74 Å². The molecule has 2 aromatic carbocycles. The van der Waals surface area contributed by atoms with Gasteiger partial charge in [-0.25, -0.2) is 0 Å². The van der Waals surface area contributed by atoms with Gasteiger partial charge in [-0.2, -0.15) is 0 Å². The van der Waals surface area contributed by atoms with Crippen molar-refractivity contribution < 1.29 is 14.3 Å².